The Balaban J connectivity index is 1.44. The summed E-state index contributed by atoms with van der Waals surface area (Å²) in [5.74, 6) is 0.325. The van der Waals surface area contributed by atoms with E-state index in [1.54, 1.807) is 12.3 Å². The zero-order valence-corrected chi connectivity index (χ0v) is 16.0. The minimum Gasteiger partial charge on any atom is -0.350 e. The number of fused-ring (bicyclic) bond motifs is 1. The van der Waals surface area contributed by atoms with Gasteiger partial charge in [-0.25, -0.2) is 0 Å². The van der Waals surface area contributed by atoms with E-state index in [1.165, 1.54) is 19.3 Å². The second-order valence-corrected chi connectivity index (χ2v) is 8.50. The third-order valence-corrected chi connectivity index (χ3v) is 6.99. The van der Waals surface area contributed by atoms with E-state index in [0.29, 0.717) is 17.5 Å². The molecule has 7 heteroatoms. The molecule has 1 amide bonds. The first-order valence-corrected chi connectivity index (χ1v) is 10.2. The quantitative estimate of drug-likeness (QED) is 0.900. The zero-order chi connectivity index (χ0) is 18.6. The number of nitrogens with one attached hydrogen (secondary N) is 1. The molecule has 144 valence electrons. The van der Waals surface area contributed by atoms with Gasteiger partial charge in [-0.2, -0.15) is 5.10 Å². The molecule has 2 aromatic rings. The summed E-state index contributed by atoms with van der Waals surface area (Å²) in [6.45, 7) is 6.08. The number of hydrogen-bond acceptors (Lipinski definition) is 5. The molecule has 2 aromatic heterocycles. The number of nitrogens with zero attached hydrogens (tertiary/aromatic N) is 4. The summed E-state index contributed by atoms with van der Waals surface area (Å²) in [5, 5.41) is 12.1. The van der Waals surface area contributed by atoms with Crippen LogP contribution in [0.15, 0.2) is 23.0 Å². The van der Waals surface area contributed by atoms with Gasteiger partial charge in [-0.3, -0.25) is 9.48 Å². The van der Waals surface area contributed by atoms with Crippen LogP contribution in [0.3, 0.4) is 0 Å². The van der Waals surface area contributed by atoms with Gasteiger partial charge in [0.1, 0.15) is 5.69 Å². The van der Waals surface area contributed by atoms with Crippen LogP contribution in [0, 0.1) is 5.41 Å². The summed E-state index contributed by atoms with van der Waals surface area (Å²) >= 11 is 0. The van der Waals surface area contributed by atoms with E-state index >= 15 is 0 Å². The standard InChI is InChI=1S/C20H27N5O2/c1-3-24-12-13(10-22-24)15-8-16(27-23-15)19(26)25-14-9-20(2)17(21-11-14)6-4-5-7-18(20)25/h8,10,12,14,17-18,21H,3-7,9,11H2,1-2H3/t14-,17+,18-,20+/m0/s1. The molecule has 2 bridgehead atoms. The lowest BCUT2D eigenvalue weighted by Crippen LogP contribution is -2.51. The number of aromatic nitrogens is 3. The van der Waals surface area contributed by atoms with E-state index in [2.05, 4.69) is 27.4 Å². The van der Waals surface area contributed by atoms with Crippen molar-refractivity contribution in [3.05, 3.63) is 24.2 Å². The molecule has 5 rings (SSSR count). The fraction of sp³-hybridized carbons (Fsp3) is 0.650. The SMILES string of the molecule is CCn1cc(-c2cc(C(=O)N3[C@@H]4CN[C@@H]5CCCC[C@H]3[C@]5(C)C4)on2)cn1. The highest BCUT2D eigenvalue weighted by atomic mass is 16.5. The van der Waals surface area contributed by atoms with Gasteiger partial charge in [-0.1, -0.05) is 24.9 Å². The predicted octanol–water partition coefficient (Wildman–Crippen LogP) is 2.69. The Morgan fingerprint density at radius 3 is 3.07 bits per heavy atom. The summed E-state index contributed by atoms with van der Waals surface area (Å²) < 4.78 is 7.33. The van der Waals surface area contributed by atoms with Gasteiger partial charge in [0.05, 0.1) is 6.20 Å². The number of aryl methyl sites for hydroxylation is 1. The Bertz CT molecular complexity index is 858. The van der Waals surface area contributed by atoms with Gasteiger partial charge in [0.15, 0.2) is 0 Å². The lowest BCUT2D eigenvalue weighted by atomic mass is 9.72. The molecule has 4 atom stereocenters. The van der Waals surface area contributed by atoms with Crippen molar-refractivity contribution in [1.29, 1.82) is 0 Å². The third kappa shape index (κ3) is 2.55. The molecule has 7 nitrogen and oxygen atoms in total. The highest BCUT2D eigenvalue weighted by Gasteiger charge is 2.57. The lowest BCUT2D eigenvalue weighted by Gasteiger charge is -2.39. The van der Waals surface area contributed by atoms with Crippen molar-refractivity contribution >= 4 is 5.91 Å². The maximum atomic E-state index is 13.4. The normalized spacial score (nSPS) is 32.5. The van der Waals surface area contributed by atoms with E-state index in [9.17, 15) is 4.79 Å². The molecule has 1 N–H and O–H groups in total. The molecule has 27 heavy (non-hydrogen) atoms. The molecule has 0 radical (unpaired) electrons. The number of piperidine rings is 1. The Hall–Kier alpha value is -2.15. The molecular formula is C20H27N5O2. The molecular weight excluding hydrogens is 342 g/mol. The minimum absolute atomic E-state index is 0.0142. The number of amides is 1. The summed E-state index contributed by atoms with van der Waals surface area (Å²) in [4.78, 5) is 15.5. The summed E-state index contributed by atoms with van der Waals surface area (Å²) in [5.41, 5.74) is 1.71. The molecule has 2 aliphatic heterocycles. The largest absolute Gasteiger partial charge is 0.350 e. The first-order valence-electron chi connectivity index (χ1n) is 10.2. The van der Waals surface area contributed by atoms with Crippen LogP contribution in [0.1, 0.15) is 56.5 Å². The van der Waals surface area contributed by atoms with E-state index in [4.69, 9.17) is 4.52 Å². The van der Waals surface area contributed by atoms with Crippen molar-refractivity contribution in [3.63, 3.8) is 0 Å². The van der Waals surface area contributed by atoms with Crippen LogP contribution in [0.25, 0.3) is 11.3 Å². The van der Waals surface area contributed by atoms with Gasteiger partial charge in [-0.05, 0) is 26.2 Å². The Kier molecular flexibility index (Phi) is 3.89. The number of rotatable bonds is 3. The van der Waals surface area contributed by atoms with E-state index in [0.717, 1.165) is 31.5 Å². The molecule has 1 saturated carbocycles. The van der Waals surface area contributed by atoms with Crippen LogP contribution < -0.4 is 5.32 Å². The lowest BCUT2D eigenvalue weighted by molar-refractivity contribution is 0.0587. The summed E-state index contributed by atoms with van der Waals surface area (Å²) in [6.07, 6.45) is 9.51. The number of hydrogen-bond donors (Lipinski definition) is 1. The van der Waals surface area contributed by atoms with Gasteiger partial charge in [0.25, 0.3) is 5.91 Å². The van der Waals surface area contributed by atoms with Crippen molar-refractivity contribution in [2.75, 3.05) is 6.54 Å². The first-order chi connectivity index (χ1) is 13.1. The summed E-state index contributed by atoms with van der Waals surface area (Å²) in [7, 11) is 0. The van der Waals surface area contributed by atoms with Gasteiger partial charge < -0.3 is 14.7 Å². The van der Waals surface area contributed by atoms with Crippen LogP contribution in [-0.4, -0.2) is 50.4 Å². The zero-order valence-electron chi connectivity index (χ0n) is 16.0. The average Bonchev–Trinajstić information content (AvgIpc) is 3.36. The highest BCUT2D eigenvalue weighted by Crippen LogP contribution is 2.50. The molecule has 0 unspecified atom stereocenters. The molecule has 0 aromatic carbocycles. The number of likely N-dealkylation sites (tertiary alicyclic amines) is 1. The second kappa shape index (κ2) is 6.19. The monoisotopic (exact) mass is 369 g/mol. The van der Waals surface area contributed by atoms with Crippen molar-refractivity contribution in [2.24, 2.45) is 5.41 Å². The van der Waals surface area contributed by atoms with Gasteiger partial charge in [0.2, 0.25) is 5.76 Å². The predicted molar refractivity (Wildman–Crippen MR) is 100 cm³/mol. The van der Waals surface area contributed by atoms with E-state index in [1.807, 2.05) is 17.8 Å². The van der Waals surface area contributed by atoms with Crippen molar-refractivity contribution in [1.82, 2.24) is 25.2 Å². The fourth-order valence-electron chi connectivity index (χ4n) is 5.57. The van der Waals surface area contributed by atoms with Crippen molar-refractivity contribution in [3.8, 4) is 11.3 Å². The van der Waals surface area contributed by atoms with E-state index in [-0.39, 0.29) is 23.4 Å². The van der Waals surface area contributed by atoms with Gasteiger partial charge in [0, 0.05) is 54.5 Å². The molecule has 4 heterocycles. The number of carbonyl (C=O) groups excluding carboxylic acids is 1. The van der Waals surface area contributed by atoms with Crippen LogP contribution in [0.2, 0.25) is 0 Å². The highest BCUT2D eigenvalue weighted by molar-refractivity contribution is 5.93. The fourth-order valence-corrected chi connectivity index (χ4v) is 5.57. The van der Waals surface area contributed by atoms with Gasteiger partial charge >= 0.3 is 0 Å². The van der Waals surface area contributed by atoms with Crippen molar-refractivity contribution < 1.29 is 9.32 Å². The molecule has 3 fully saturated rings. The maximum Gasteiger partial charge on any atom is 0.293 e. The van der Waals surface area contributed by atoms with E-state index < -0.39 is 0 Å². The average molecular weight is 369 g/mol. The molecule has 3 aliphatic rings. The second-order valence-electron chi connectivity index (χ2n) is 8.50. The van der Waals surface area contributed by atoms with Crippen LogP contribution in [0.5, 0.6) is 0 Å². The van der Waals surface area contributed by atoms with Crippen LogP contribution >= 0.6 is 0 Å². The smallest absolute Gasteiger partial charge is 0.293 e. The van der Waals surface area contributed by atoms with Crippen LogP contribution in [-0.2, 0) is 6.54 Å². The maximum absolute atomic E-state index is 13.4. The van der Waals surface area contributed by atoms with Crippen LogP contribution in [0.4, 0.5) is 0 Å². The topological polar surface area (TPSA) is 76.2 Å². The Labute approximate surface area is 159 Å². The first kappa shape index (κ1) is 17.0. The molecule has 0 spiro atoms. The molecule has 1 aliphatic carbocycles. The van der Waals surface area contributed by atoms with Crippen molar-refractivity contribution in [2.45, 2.75) is 70.6 Å². The minimum atomic E-state index is -0.0142. The molecule has 2 saturated heterocycles. The van der Waals surface area contributed by atoms with Gasteiger partial charge in [-0.15, -0.1) is 0 Å². The Morgan fingerprint density at radius 2 is 2.26 bits per heavy atom. The Morgan fingerprint density at radius 1 is 1.41 bits per heavy atom. The number of carbonyl (C=O) groups is 1. The third-order valence-electron chi connectivity index (χ3n) is 6.99. The summed E-state index contributed by atoms with van der Waals surface area (Å²) in [6, 6.07) is 2.82.